The number of benzene rings is 2. The van der Waals surface area contributed by atoms with E-state index in [0.29, 0.717) is 29.3 Å². The number of ether oxygens (including phenoxy) is 1. The largest absolute Gasteiger partial charge is 0.376 e. The maximum absolute atomic E-state index is 13.5. The second-order valence-corrected chi connectivity index (χ2v) is 8.35. The number of hydrogen-bond acceptors (Lipinski definition) is 5. The standard InChI is InChI=1S/C23H22ClN5O2/c1-15-8-9-16-12-17(22-25-26-27-29(22)21(16)11-15)13-28(14-18-5-4-10-31-18)23(30)19-6-2-3-7-20(19)24/h2-3,6-9,11-12,18H,4-5,10,13-14H2,1H3/t18-/m0/s1. The molecular weight excluding hydrogens is 414 g/mol. The molecule has 1 aliphatic heterocycles. The van der Waals surface area contributed by atoms with Gasteiger partial charge >= 0.3 is 0 Å². The summed E-state index contributed by atoms with van der Waals surface area (Å²) in [6.45, 7) is 3.61. The van der Waals surface area contributed by atoms with E-state index in [2.05, 4.69) is 39.8 Å². The van der Waals surface area contributed by atoms with Crippen molar-refractivity contribution in [3.05, 3.63) is 70.2 Å². The molecule has 0 radical (unpaired) electrons. The fraction of sp³-hybridized carbons (Fsp3) is 0.304. The van der Waals surface area contributed by atoms with E-state index in [1.54, 1.807) is 21.5 Å². The highest BCUT2D eigenvalue weighted by Gasteiger charge is 2.26. The molecule has 7 nitrogen and oxygen atoms in total. The molecule has 0 bridgehead atoms. The van der Waals surface area contributed by atoms with Gasteiger partial charge in [0.15, 0.2) is 5.65 Å². The summed E-state index contributed by atoms with van der Waals surface area (Å²) in [5, 5.41) is 13.8. The fourth-order valence-corrected chi connectivity index (χ4v) is 4.36. The first-order valence-corrected chi connectivity index (χ1v) is 10.7. The number of pyridine rings is 1. The normalized spacial score (nSPS) is 16.3. The predicted octanol–water partition coefficient (Wildman–Crippen LogP) is 4.06. The fourth-order valence-electron chi connectivity index (χ4n) is 4.14. The molecule has 0 N–H and O–H groups in total. The third-order valence-corrected chi connectivity index (χ3v) is 6.03. The molecule has 31 heavy (non-hydrogen) atoms. The minimum absolute atomic E-state index is 0.0153. The van der Waals surface area contributed by atoms with Crippen molar-refractivity contribution >= 4 is 34.1 Å². The highest BCUT2D eigenvalue weighted by atomic mass is 35.5. The van der Waals surface area contributed by atoms with Crippen molar-refractivity contribution in [2.45, 2.75) is 32.4 Å². The Morgan fingerprint density at radius 2 is 2.13 bits per heavy atom. The van der Waals surface area contributed by atoms with Crippen LogP contribution in [0, 0.1) is 6.92 Å². The summed E-state index contributed by atoms with van der Waals surface area (Å²) in [5.41, 5.74) is 4.06. The van der Waals surface area contributed by atoms with E-state index < -0.39 is 0 Å². The lowest BCUT2D eigenvalue weighted by molar-refractivity contribution is 0.0508. The highest BCUT2D eigenvalue weighted by Crippen LogP contribution is 2.25. The molecular formula is C23H22ClN5O2. The number of fused-ring (bicyclic) bond motifs is 3. The van der Waals surface area contributed by atoms with E-state index in [4.69, 9.17) is 16.3 Å². The Bertz CT molecular complexity index is 1270. The Morgan fingerprint density at radius 1 is 1.26 bits per heavy atom. The molecule has 3 heterocycles. The second kappa shape index (κ2) is 8.24. The zero-order valence-corrected chi connectivity index (χ0v) is 17.9. The van der Waals surface area contributed by atoms with Gasteiger partial charge in [0.25, 0.3) is 5.91 Å². The number of aromatic nitrogens is 4. The number of amides is 1. The molecule has 1 atom stereocenters. The highest BCUT2D eigenvalue weighted by molar-refractivity contribution is 6.33. The van der Waals surface area contributed by atoms with Crippen molar-refractivity contribution in [1.82, 2.24) is 24.9 Å². The smallest absolute Gasteiger partial charge is 0.255 e. The predicted molar refractivity (Wildman–Crippen MR) is 118 cm³/mol. The van der Waals surface area contributed by atoms with Gasteiger partial charge < -0.3 is 9.64 Å². The molecule has 1 saturated heterocycles. The monoisotopic (exact) mass is 435 g/mol. The van der Waals surface area contributed by atoms with Gasteiger partial charge in [-0.3, -0.25) is 4.79 Å². The molecule has 1 fully saturated rings. The van der Waals surface area contributed by atoms with Gasteiger partial charge in [0.2, 0.25) is 0 Å². The number of tetrazole rings is 1. The van der Waals surface area contributed by atoms with Crippen LogP contribution in [0.2, 0.25) is 5.02 Å². The zero-order chi connectivity index (χ0) is 21.4. The summed E-state index contributed by atoms with van der Waals surface area (Å²) in [4.78, 5) is 15.3. The van der Waals surface area contributed by atoms with E-state index >= 15 is 0 Å². The van der Waals surface area contributed by atoms with Crippen LogP contribution < -0.4 is 0 Å². The summed E-state index contributed by atoms with van der Waals surface area (Å²) in [5.74, 6) is -0.129. The molecule has 4 aromatic rings. The lowest BCUT2D eigenvalue weighted by atomic mass is 10.1. The SMILES string of the molecule is Cc1ccc2cc(CN(C[C@@H]3CCCO3)C(=O)c3ccccc3Cl)c3nnnn3c2c1. The molecule has 0 saturated carbocycles. The number of carbonyl (C=O) groups is 1. The Kier molecular flexibility index (Phi) is 5.29. The Balaban J connectivity index is 1.56. The van der Waals surface area contributed by atoms with Gasteiger partial charge in [0, 0.05) is 30.6 Å². The van der Waals surface area contributed by atoms with Crippen LogP contribution in [-0.2, 0) is 11.3 Å². The van der Waals surface area contributed by atoms with E-state index in [0.717, 1.165) is 41.5 Å². The van der Waals surface area contributed by atoms with E-state index in [-0.39, 0.29) is 12.0 Å². The third kappa shape index (κ3) is 3.86. The molecule has 0 spiro atoms. The first-order chi connectivity index (χ1) is 15.1. The average molecular weight is 436 g/mol. The molecule has 158 valence electrons. The number of halogens is 1. The first kappa shape index (κ1) is 19.9. The average Bonchev–Trinajstić information content (AvgIpc) is 3.46. The maximum Gasteiger partial charge on any atom is 0.255 e. The Hall–Kier alpha value is -3.03. The van der Waals surface area contributed by atoms with E-state index in [9.17, 15) is 4.79 Å². The first-order valence-electron chi connectivity index (χ1n) is 10.4. The van der Waals surface area contributed by atoms with Crippen LogP contribution in [0.15, 0.2) is 48.5 Å². The van der Waals surface area contributed by atoms with Crippen LogP contribution in [0.5, 0.6) is 0 Å². The summed E-state index contributed by atoms with van der Waals surface area (Å²) >= 11 is 6.34. The van der Waals surface area contributed by atoms with E-state index in [1.807, 2.05) is 19.1 Å². The van der Waals surface area contributed by atoms with Crippen molar-refractivity contribution in [1.29, 1.82) is 0 Å². The molecule has 1 aliphatic rings. The molecule has 0 unspecified atom stereocenters. The van der Waals surface area contributed by atoms with Crippen molar-refractivity contribution in [2.75, 3.05) is 13.2 Å². The zero-order valence-electron chi connectivity index (χ0n) is 17.2. The van der Waals surface area contributed by atoms with Crippen molar-refractivity contribution in [2.24, 2.45) is 0 Å². The number of rotatable bonds is 5. The topological polar surface area (TPSA) is 72.6 Å². The summed E-state index contributed by atoms with van der Waals surface area (Å²) in [6.07, 6.45) is 1.96. The van der Waals surface area contributed by atoms with Crippen LogP contribution in [0.1, 0.15) is 34.3 Å². The third-order valence-electron chi connectivity index (χ3n) is 5.70. The van der Waals surface area contributed by atoms with Gasteiger partial charge in [0.05, 0.1) is 22.2 Å². The lowest BCUT2D eigenvalue weighted by Gasteiger charge is -2.26. The van der Waals surface area contributed by atoms with Crippen LogP contribution >= 0.6 is 11.6 Å². The maximum atomic E-state index is 13.5. The molecule has 2 aromatic carbocycles. The molecule has 0 aliphatic carbocycles. The number of hydrogen-bond donors (Lipinski definition) is 0. The van der Waals surface area contributed by atoms with Crippen LogP contribution in [-0.4, -0.2) is 50.1 Å². The van der Waals surface area contributed by atoms with Gasteiger partial charge in [-0.2, -0.15) is 4.52 Å². The summed E-state index contributed by atoms with van der Waals surface area (Å²) in [6, 6.07) is 15.4. The quantitative estimate of drug-likeness (QED) is 0.472. The summed E-state index contributed by atoms with van der Waals surface area (Å²) < 4.78 is 7.56. The Labute approximate surface area is 184 Å². The van der Waals surface area contributed by atoms with Crippen LogP contribution in [0.3, 0.4) is 0 Å². The van der Waals surface area contributed by atoms with E-state index in [1.165, 1.54) is 0 Å². The van der Waals surface area contributed by atoms with Crippen molar-refractivity contribution < 1.29 is 9.53 Å². The van der Waals surface area contributed by atoms with Crippen LogP contribution in [0.4, 0.5) is 0 Å². The minimum Gasteiger partial charge on any atom is -0.376 e. The lowest BCUT2D eigenvalue weighted by Crippen LogP contribution is -2.37. The minimum atomic E-state index is -0.129. The van der Waals surface area contributed by atoms with Gasteiger partial charge in [-0.25, -0.2) is 0 Å². The molecule has 2 aromatic heterocycles. The van der Waals surface area contributed by atoms with Gasteiger partial charge in [0.1, 0.15) is 0 Å². The van der Waals surface area contributed by atoms with Gasteiger partial charge in [-0.15, -0.1) is 5.10 Å². The van der Waals surface area contributed by atoms with Crippen molar-refractivity contribution in [3.63, 3.8) is 0 Å². The number of aryl methyl sites for hydroxylation is 1. The van der Waals surface area contributed by atoms with Gasteiger partial charge in [-0.05, 0) is 60.0 Å². The number of carbonyl (C=O) groups excluding carboxylic acids is 1. The number of nitrogens with zero attached hydrogens (tertiary/aromatic N) is 5. The van der Waals surface area contributed by atoms with Gasteiger partial charge in [-0.1, -0.05) is 35.9 Å². The second-order valence-electron chi connectivity index (χ2n) is 7.95. The van der Waals surface area contributed by atoms with Crippen molar-refractivity contribution in [3.8, 4) is 0 Å². The molecule has 5 rings (SSSR count). The Morgan fingerprint density at radius 3 is 2.94 bits per heavy atom. The molecule has 1 amide bonds. The molecule has 8 heteroatoms. The summed E-state index contributed by atoms with van der Waals surface area (Å²) in [7, 11) is 0. The van der Waals surface area contributed by atoms with Crippen LogP contribution in [0.25, 0.3) is 16.6 Å².